The number of halogens is 1. The molecule has 36 heavy (non-hydrogen) atoms. The third kappa shape index (κ3) is 5.01. The number of rotatable bonds is 6. The van der Waals surface area contributed by atoms with E-state index >= 15 is 0 Å². The first-order valence-corrected chi connectivity index (χ1v) is 13.3. The highest BCUT2D eigenvalue weighted by molar-refractivity contribution is 7.92. The quantitative estimate of drug-likeness (QED) is 0.480. The lowest BCUT2D eigenvalue weighted by Crippen LogP contribution is -2.51. The fourth-order valence-corrected chi connectivity index (χ4v) is 5.93. The Balaban J connectivity index is 1.64. The fraction of sp³-hybridized carbons (Fsp3) is 0.296. The molecule has 9 heteroatoms. The van der Waals surface area contributed by atoms with Crippen LogP contribution in [0.3, 0.4) is 0 Å². The highest BCUT2D eigenvalue weighted by Crippen LogP contribution is 2.39. The largest absolute Gasteiger partial charge is 0.497 e. The van der Waals surface area contributed by atoms with Gasteiger partial charge in [-0.15, -0.1) is 0 Å². The molecule has 2 atom stereocenters. The summed E-state index contributed by atoms with van der Waals surface area (Å²) in [7, 11) is -2.51. The number of amides is 1. The number of sulfonamides is 1. The average molecular weight is 529 g/mol. The summed E-state index contributed by atoms with van der Waals surface area (Å²) in [6.07, 6.45) is -1.05. The Bertz CT molecular complexity index is 1410. The maximum atomic E-state index is 13.6. The van der Waals surface area contributed by atoms with E-state index in [4.69, 9.17) is 21.1 Å². The van der Waals surface area contributed by atoms with Crippen molar-refractivity contribution in [2.45, 2.75) is 44.7 Å². The van der Waals surface area contributed by atoms with Crippen LogP contribution in [0.1, 0.15) is 35.2 Å². The van der Waals surface area contributed by atoms with E-state index in [1.807, 2.05) is 27.7 Å². The van der Waals surface area contributed by atoms with Crippen molar-refractivity contribution in [1.82, 2.24) is 5.32 Å². The molecule has 0 aliphatic carbocycles. The minimum atomic E-state index is -4.02. The Hall–Kier alpha value is -3.23. The van der Waals surface area contributed by atoms with E-state index in [-0.39, 0.29) is 28.9 Å². The number of hydrogen-bond acceptors (Lipinski definition) is 5. The zero-order valence-corrected chi connectivity index (χ0v) is 22.4. The second-order valence-electron chi connectivity index (χ2n) is 8.95. The first kappa shape index (κ1) is 25.9. The normalized spacial score (nSPS) is 16.1. The SMILES string of the molecule is COc1ccc(S(=O)(=O)N2C[C@H](C(=O)N[C@H](C)c3cc(C)c(C)cc3C)Oc3ccc(Cl)cc32)cc1. The molecule has 0 saturated heterocycles. The van der Waals surface area contributed by atoms with Gasteiger partial charge in [0, 0.05) is 5.02 Å². The number of carbonyl (C=O) groups excluding carboxylic acids is 1. The molecule has 1 heterocycles. The number of nitrogens with one attached hydrogen (secondary N) is 1. The number of anilines is 1. The summed E-state index contributed by atoms with van der Waals surface area (Å²) in [6, 6.07) is 14.6. The number of fused-ring (bicyclic) bond motifs is 1. The maximum Gasteiger partial charge on any atom is 0.264 e. The van der Waals surface area contributed by atoms with Gasteiger partial charge >= 0.3 is 0 Å². The second kappa shape index (κ2) is 10.0. The van der Waals surface area contributed by atoms with Gasteiger partial charge in [-0.3, -0.25) is 9.10 Å². The molecule has 3 aromatic carbocycles. The molecule has 1 aliphatic heterocycles. The monoisotopic (exact) mass is 528 g/mol. The number of nitrogens with zero attached hydrogens (tertiary/aromatic N) is 1. The summed E-state index contributed by atoms with van der Waals surface area (Å²) < 4.78 is 39.6. The Morgan fingerprint density at radius 2 is 1.72 bits per heavy atom. The van der Waals surface area contributed by atoms with E-state index in [2.05, 4.69) is 17.4 Å². The Morgan fingerprint density at radius 3 is 2.39 bits per heavy atom. The third-order valence-corrected chi connectivity index (χ3v) is 8.47. The smallest absolute Gasteiger partial charge is 0.264 e. The number of methoxy groups -OCH3 is 1. The number of hydrogen-bond donors (Lipinski definition) is 1. The van der Waals surface area contributed by atoms with E-state index in [0.717, 1.165) is 16.7 Å². The minimum absolute atomic E-state index is 0.0643. The predicted molar refractivity (Wildman–Crippen MR) is 141 cm³/mol. The molecular weight excluding hydrogens is 500 g/mol. The van der Waals surface area contributed by atoms with Gasteiger partial charge in [0.05, 0.1) is 30.3 Å². The zero-order chi connectivity index (χ0) is 26.2. The summed E-state index contributed by atoms with van der Waals surface area (Å²) in [5.41, 5.74) is 4.66. The van der Waals surface area contributed by atoms with Gasteiger partial charge in [0.15, 0.2) is 6.10 Å². The molecule has 1 aliphatic rings. The summed E-state index contributed by atoms with van der Waals surface area (Å²) in [4.78, 5) is 13.4. The van der Waals surface area contributed by atoms with Crippen LogP contribution in [0.25, 0.3) is 0 Å². The van der Waals surface area contributed by atoms with Crippen molar-refractivity contribution in [2.24, 2.45) is 0 Å². The van der Waals surface area contributed by atoms with Crippen LogP contribution in [0.2, 0.25) is 5.02 Å². The molecule has 190 valence electrons. The van der Waals surface area contributed by atoms with E-state index in [0.29, 0.717) is 10.8 Å². The highest BCUT2D eigenvalue weighted by Gasteiger charge is 2.38. The molecule has 0 unspecified atom stereocenters. The van der Waals surface area contributed by atoms with Crippen LogP contribution in [0.15, 0.2) is 59.5 Å². The van der Waals surface area contributed by atoms with Gasteiger partial charge in [-0.2, -0.15) is 0 Å². The number of benzene rings is 3. The van der Waals surface area contributed by atoms with Crippen LogP contribution >= 0.6 is 11.6 Å². The Kier molecular flexibility index (Phi) is 7.20. The Labute approximate surface area is 217 Å². The van der Waals surface area contributed by atoms with Crippen LogP contribution in [0, 0.1) is 20.8 Å². The molecule has 0 saturated carbocycles. The number of aryl methyl sites for hydroxylation is 3. The lowest BCUT2D eigenvalue weighted by molar-refractivity contribution is -0.128. The average Bonchev–Trinajstić information content (AvgIpc) is 2.85. The van der Waals surface area contributed by atoms with Crippen LogP contribution < -0.4 is 19.1 Å². The second-order valence-corrected chi connectivity index (χ2v) is 11.3. The van der Waals surface area contributed by atoms with E-state index < -0.39 is 22.0 Å². The van der Waals surface area contributed by atoms with Crippen molar-refractivity contribution in [3.05, 3.63) is 81.9 Å². The molecule has 0 radical (unpaired) electrons. The van der Waals surface area contributed by atoms with E-state index in [9.17, 15) is 13.2 Å². The number of carbonyl (C=O) groups is 1. The maximum absolute atomic E-state index is 13.6. The molecule has 0 bridgehead atoms. The zero-order valence-electron chi connectivity index (χ0n) is 20.8. The molecular formula is C27H29ClN2O5S. The fourth-order valence-electron chi connectivity index (χ4n) is 4.30. The van der Waals surface area contributed by atoms with Gasteiger partial charge in [0.2, 0.25) is 0 Å². The van der Waals surface area contributed by atoms with Crippen LogP contribution in [0.4, 0.5) is 5.69 Å². The Morgan fingerprint density at radius 1 is 1.06 bits per heavy atom. The van der Waals surface area contributed by atoms with Gasteiger partial charge < -0.3 is 14.8 Å². The van der Waals surface area contributed by atoms with Crippen molar-refractivity contribution in [3.8, 4) is 11.5 Å². The van der Waals surface area contributed by atoms with Gasteiger partial charge in [0.25, 0.3) is 15.9 Å². The van der Waals surface area contributed by atoms with Crippen molar-refractivity contribution < 1.29 is 22.7 Å². The molecule has 7 nitrogen and oxygen atoms in total. The summed E-state index contributed by atoms with van der Waals surface area (Å²) >= 11 is 6.18. The van der Waals surface area contributed by atoms with Crippen molar-refractivity contribution in [3.63, 3.8) is 0 Å². The molecule has 0 fully saturated rings. The van der Waals surface area contributed by atoms with Crippen LogP contribution in [-0.4, -0.2) is 34.1 Å². The lowest BCUT2D eigenvalue weighted by atomic mass is 9.96. The highest BCUT2D eigenvalue weighted by atomic mass is 35.5. The molecule has 1 N–H and O–H groups in total. The van der Waals surface area contributed by atoms with Gasteiger partial charge in [-0.25, -0.2) is 8.42 Å². The molecule has 4 rings (SSSR count). The first-order valence-electron chi connectivity index (χ1n) is 11.5. The van der Waals surface area contributed by atoms with E-state index in [1.54, 1.807) is 24.3 Å². The van der Waals surface area contributed by atoms with Gasteiger partial charge in [-0.1, -0.05) is 23.7 Å². The summed E-state index contributed by atoms with van der Waals surface area (Å²) in [5.74, 6) is 0.390. The number of ether oxygens (including phenoxy) is 2. The predicted octanol–water partition coefficient (Wildman–Crippen LogP) is 5.11. The van der Waals surface area contributed by atoms with Crippen molar-refractivity contribution in [1.29, 1.82) is 0 Å². The first-order chi connectivity index (χ1) is 17.0. The van der Waals surface area contributed by atoms with Crippen molar-refractivity contribution in [2.75, 3.05) is 18.0 Å². The standard InChI is InChI=1S/C27H29ClN2O5S/c1-16-12-18(3)23(13-17(16)2)19(4)29-27(31)26-15-30(24-14-20(28)6-11-25(24)35-26)36(32,33)22-9-7-21(34-5)8-10-22/h6-14,19,26H,15H2,1-5H3,(H,29,31)/t19-,26-/m1/s1. The lowest BCUT2D eigenvalue weighted by Gasteiger charge is -2.35. The molecule has 1 amide bonds. The molecule has 0 aromatic heterocycles. The van der Waals surface area contributed by atoms with Gasteiger partial charge in [0.1, 0.15) is 11.5 Å². The molecule has 3 aromatic rings. The van der Waals surface area contributed by atoms with E-state index in [1.165, 1.54) is 35.2 Å². The topological polar surface area (TPSA) is 84.9 Å². The summed E-state index contributed by atoms with van der Waals surface area (Å²) in [5, 5.41) is 3.35. The molecule has 0 spiro atoms. The van der Waals surface area contributed by atoms with Gasteiger partial charge in [-0.05, 0) is 92.4 Å². The third-order valence-electron chi connectivity index (χ3n) is 6.44. The summed E-state index contributed by atoms with van der Waals surface area (Å²) in [6.45, 7) is 7.78. The minimum Gasteiger partial charge on any atom is -0.497 e. The van der Waals surface area contributed by atoms with Crippen LogP contribution in [-0.2, 0) is 14.8 Å². The van der Waals surface area contributed by atoms with Crippen LogP contribution in [0.5, 0.6) is 11.5 Å². The van der Waals surface area contributed by atoms with Crippen molar-refractivity contribution >= 4 is 33.2 Å².